The van der Waals surface area contributed by atoms with Crippen LogP contribution in [0.25, 0.3) is 0 Å². The molecule has 0 amide bonds. The monoisotopic (exact) mass is 664 g/mol. The van der Waals surface area contributed by atoms with E-state index in [-0.39, 0.29) is 24.7 Å². The number of halogens is 2. The van der Waals surface area contributed by atoms with Gasteiger partial charge in [0.25, 0.3) is 0 Å². The zero-order valence-corrected chi connectivity index (χ0v) is 27.8. The predicted molar refractivity (Wildman–Crippen MR) is 172 cm³/mol. The molecule has 1 N–H and O–H groups in total. The third-order valence-electron chi connectivity index (χ3n) is 6.33. The standard InChI is InChI=1S/C32H39F2N2O7PS/c1-7-41-44(38,42-8-2)32(33,34)29(36-45(39)31(3,4)5)28(30(37)43-26-21-19-25(40-6)20-22-26)35-27(23-15-11-9-12-16-23)24-17-13-10-14-18-24/h9-22,28-29,36H,7-8H2,1-6H3/t28-,29-,45?/m0/s1. The molecule has 0 saturated carbocycles. The average Bonchev–Trinajstić information content (AvgIpc) is 3.01. The van der Waals surface area contributed by atoms with Crippen molar-refractivity contribution in [3.8, 4) is 11.5 Å². The summed E-state index contributed by atoms with van der Waals surface area (Å²) in [5.41, 5.74) is -3.25. The first kappa shape index (κ1) is 36.2. The maximum atomic E-state index is 16.8. The fraction of sp³-hybridized carbons (Fsp3) is 0.375. The van der Waals surface area contributed by atoms with Crippen LogP contribution >= 0.6 is 7.60 Å². The Balaban J connectivity index is 2.33. The summed E-state index contributed by atoms with van der Waals surface area (Å²) in [5, 5.41) is 0. The molecule has 3 aromatic carbocycles. The number of carbonyl (C=O) groups is 1. The van der Waals surface area contributed by atoms with Crippen molar-refractivity contribution in [1.29, 1.82) is 0 Å². The smallest absolute Gasteiger partial charge is 0.401 e. The van der Waals surface area contributed by atoms with Crippen LogP contribution in [0.1, 0.15) is 45.7 Å². The van der Waals surface area contributed by atoms with Crippen LogP contribution in [0.3, 0.4) is 0 Å². The van der Waals surface area contributed by atoms with Crippen molar-refractivity contribution in [3.63, 3.8) is 0 Å². The van der Waals surface area contributed by atoms with E-state index in [0.717, 1.165) is 0 Å². The summed E-state index contributed by atoms with van der Waals surface area (Å²) in [6.45, 7) is 6.68. The predicted octanol–water partition coefficient (Wildman–Crippen LogP) is 6.79. The molecule has 244 valence electrons. The summed E-state index contributed by atoms with van der Waals surface area (Å²) in [6, 6.07) is 18.6. The van der Waals surface area contributed by atoms with Gasteiger partial charge < -0.3 is 18.5 Å². The number of alkyl halides is 2. The molecule has 13 heteroatoms. The lowest BCUT2D eigenvalue weighted by molar-refractivity contribution is -0.138. The summed E-state index contributed by atoms with van der Waals surface area (Å²) >= 11 is 0. The van der Waals surface area contributed by atoms with Crippen LogP contribution in [0.4, 0.5) is 8.78 Å². The summed E-state index contributed by atoms with van der Waals surface area (Å²) in [4.78, 5) is 18.6. The van der Waals surface area contributed by atoms with Gasteiger partial charge in [0.15, 0.2) is 6.04 Å². The molecule has 0 bridgehead atoms. The Bertz CT molecular complexity index is 1450. The minimum atomic E-state index is -5.28. The maximum Gasteiger partial charge on any atom is 0.401 e. The molecule has 0 saturated heterocycles. The number of esters is 1. The number of rotatable bonds is 15. The molecular formula is C32H39F2N2O7PS. The minimum absolute atomic E-state index is 0.0128. The first-order valence-electron chi connectivity index (χ1n) is 14.3. The highest BCUT2D eigenvalue weighted by molar-refractivity contribution is 7.84. The van der Waals surface area contributed by atoms with Gasteiger partial charge in [0.1, 0.15) is 17.5 Å². The quantitative estimate of drug-likeness (QED) is 0.0825. The zero-order chi connectivity index (χ0) is 33.3. The van der Waals surface area contributed by atoms with Gasteiger partial charge in [-0.2, -0.15) is 8.78 Å². The topological polar surface area (TPSA) is 113 Å². The Morgan fingerprint density at radius 3 is 1.76 bits per heavy atom. The first-order chi connectivity index (χ1) is 21.3. The molecule has 0 aromatic heterocycles. The van der Waals surface area contributed by atoms with E-state index in [0.29, 0.717) is 16.9 Å². The van der Waals surface area contributed by atoms with Gasteiger partial charge in [-0.1, -0.05) is 60.7 Å². The van der Waals surface area contributed by atoms with E-state index < -0.39 is 47.0 Å². The molecular weight excluding hydrogens is 625 g/mol. The highest BCUT2D eigenvalue weighted by Crippen LogP contribution is 2.64. The molecule has 0 aliphatic carbocycles. The normalized spacial score (nSPS) is 14.2. The van der Waals surface area contributed by atoms with Crippen molar-refractivity contribution >= 4 is 30.3 Å². The number of aliphatic imine (C=N–C) groups is 1. The van der Waals surface area contributed by atoms with E-state index >= 15 is 8.78 Å². The number of carbonyl (C=O) groups excluding carboxylic acids is 1. The van der Waals surface area contributed by atoms with E-state index in [1.165, 1.54) is 45.2 Å². The first-order valence-corrected chi connectivity index (χ1v) is 17.0. The van der Waals surface area contributed by atoms with Crippen LogP contribution in [0, 0.1) is 0 Å². The molecule has 0 fully saturated rings. The molecule has 3 rings (SSSR count). The highest BCUT2D eigenvalue weighted by atomic mass is 32.2. The van der Waals surface area contributed by atoms with Crippen molar-refractivity contribution in [3.05, 3.63) is 96.1 Å². The number of methoxy groups -OCH3 is 1. The number of nitrogens with one attached hydrogen (secondary N) is 1. The second kappa shape index (κ2) is 15.8. The van der Waals surface area contributed by atoms with Crippen molar-refractivity contribution < 1.29 is 40.9 Å². The Kier molecular flexibility index (Phi) is 12.7. The van der Waals surface area contributed by atoms with Crippen LogP contribution in [0.5, 0.6) is 11.5 Å². The average molecular weight is 665 g/mol. The Morgan fingerprint density at radius 1 is 0.867 bits per heavy atom. The number of ether oxygens (including phenoxy) is 2. The van der Waals surface area contributed by atoms with Crippen molar-refractivity contribution in [1.82, 2.24) is 4.72 Å². The number of nitrogens with zero attached hydrogens (tertiary/aromatic N) is 1. The Morgan fingerprint density at radius 2 is 1.33 bits per heavy atom. The maximum absolute atomic E-state index is 16.8. The van der Waals surface area contributed by atoms with Gasteiger partial charge in [-0.3, -0.25) is 9.56 Å². The van der Waals surface area contributed by atoms with Gasteiger partial charge in [-0.05, 0) is 58.9 Å². The summed E-state index contributed by atoms with van der Waals surface area (Å²) in [5.74, 6) is -0.744. The van der Waals surface area contributed by atoms with E-state index in [9.17, 15) is 13.6 Å². The molecule has 1 unspecified atom stereocenters. The van der Waals surface area contributed by atoms with Crippen LogP contribution in [-0.2, 0) is 29.4 Å². The zero-order valence-electron chi connectivity index (χ0n) is 26.1. The fourth-order valence-corrected chi connectivity index (χ4v) is 6.66. The molecule has 0 spiro atoms. The third-order valence-corrected chi connectivity index (χ3v) is 10.1. The number of hydrogen-bond acceptors (Lipinski definition) is 8. The van der Waals surface area contributed by atoms with Gasteiger partial charge in [0.05, 0.1) is 41.8 Å². The van der Waals surface area contributed by atoms with E-state index in [4.69, 9.17) is 18.5 Å². The minimum Gasteiger partial charge on any atom is -0.497 e. The Hall–Kier alpha value is -3.28. The molecule has 0 radical (unpaired) electrons. The van der Waals surface area contributed by atoms with Crippen LogP contribution in [0.2, 0.25) is 0 Å². The lowest BCUT2D eigenvalue weighted by Gasteiger charge is -2.36. The SMILES string of the molecule is CCOP(=O)(OCC)C(F)(F)[C@@H](NS(=O)C(C)(C)C)[C@H](N=C(c1ccccc1)c1ccccc1)C(=O)Oc1ccc(OC)cc1. The second-order valence-electron chi connectivity index (χ2n) is 10.6. The largest absolute Gasteiger partial charge is 0.497 e. The van der Waals surface area contributed by atoms with E-state index in [1.807, 2.05) is 0 Å². The van der Waals surface area contributed by atoms with Gasteiger partial charge in [-0.25, -0.2) is 13.7 Å². The summed E-state index contributed by atoms with van der Waals surface area (Å²) in [7, 11) is -6.03. The molecule has 3 aromatic rings. The van der Waals surface area contributed by atoms with Gasteiger partial charge in [0.2, 0.25) is 0 Å². The molecule has 0 aliphatic rings. The van der Waals surface area contributed by atoms with E-state index in [1.54, 1.807) is 81.4 Å². The number of benzene rings is 3. The van der Waals surface area contributed by atoms with Crippen molar-refractivity contribution in [2.75, 3.05) is 20.3 Å². The summed E-state index contributed by atoms with van der Waals surface area (Å²) in [6.07, 6.45) is 0. The number of hydrogen-bond donors (Lipinski definition) is 1. The third kappa shape index (κ3) is 9.14. The van der Waals surface area contributed by atoms with Crippen LogP contribution in [-0.4, -0.2) is 58.7 Å². The molecule has 0 aliphatic heterocycles. The molecule has 9 nitrogen and oxygen atoms in total. The fourth-order valence-electron chi connectivity index (χ4n) is 4.07. The van der Waals surface area contributed by atoms with E-state index in [2.05, 4.69) is 9.71 Å². The lowest BCUT2D eigenvalue weighted by atomic mass is 10.0. The van der Waals surface area contributed by atoms with Crippen molar-refractivity contribution in [2.45, 2.75) is 57.1 Å². The highest BCUT2D eigenvalue weighted by Gasteiger charge is 2.63. The lowest BCUT2D eigenvalue weighted by Crippen LogP contribution is -2.58. The van der Waals surface area contributed by atoms with Crippen LogP contribution in [0.15, 0.2) is 89.9 Å². The molecule has 3 atom stereocenters. The Labute approximate surface area is 265 Å². The van der Waals surface area contributed by atoms with Gasteiger partial charge in [-0.15, -0.1) is 0 Å². The van der Waals surface area contributed by atoms with Gasteiger partial charge in [0, 0.05) is 11.1 Å². The summed E-state index contributed by atoms with van der Waals surface area (Å²) < 4.78 is 82.8. The second-order valence-corrected chi connectivity index (χ2v) is 14.8. The van der Waals surface area contributed by atoms with Gasteiger partial charge >= 0.3 is 19.2 Å². The molecule has 45 heavy (non-hydrogen) atoms. The van der Waals surface area contributed by atoms with Crippen molar-refractivity contribution in [2.24, 2.45) is 4.99 Å². The van der Waals surface area contributed by atoms with Crippen LogP contribution < -0.4 is 14.2 Å². The molecule has 0 heterocycles.